The van der Waals surface area contributed by atoms with Gasteiger partial charge in [0.15, 0.2) is 0 Å². The van der Waals surface area contributed by atoms with Gasteiger partial charge in [-0.25, -0.2) is 4.79 Å². The van der Waals surface area contributed by atoms with Gasteiger partial charge in [-0.3, -0.25) is 4.98 Å². The van der Waals surface area contributed by atoms with Crippen LogP contribution in [0.5, 0.6) is 11.5 Å². The second-order valence-corrected chi connectivity index (χ2v) is 7.32. The van der Waals surface area contributed by atoms with E-state index in [1.54, 1.807) is 14.2 Å². The summed E-state index contributed by atoms with van der Waals surface area (Å²) in [5, 5.41) is 14.7. The maximum Gasteiger partial charge on any atom is 0.490 e. The number of nitrogens with one attached hydrogen (secondary N) is 1. The third kappa shape index (κ3) is 5.81. The standard InChI is InChI=1S/C20H22N4O3.C2HF3O2/c1-12-19(16-6-7-21-10-14(16)11-22-12)20-23-18(27-24-20)8-13-4-5-15(25-2)9-17(13)26-3;3-2(4,5)1(6)7/h4-5,9,11,21H,6-8,10H2,1-3H3;(H,6,7). The number of ether oxygens (including phenoxy) is 2. The van der Waals surface area contributed by atoms with Crippen molar-refractivity contribution in [2.75, 3.05) is 20.8 Å². The molecule has 2 aromatic heterocycles. The highest BCUT2D eigenvalue weighted by atomic mass is 19.4. The smallest absolute Gasteiger partial charge is 0.490 e. The number of alkyl halides is 3. The molecule has 0 spiro atoms. The minimum Gasteiger partial charge on any atom is -0.497 e. The predicted molar refractivity (Wildman–Crippen MR) is 114 cm³/mol. The number of aliphatic carboxylic acids is 1. The molecule has 1 aromatic carbocycles. The zero-order valence-corrected chi connectivity index (χ0v) is 18.7. The lowest BCUT2D eigenvalue weighted by Crippen LogP contribution is -2.24. The van der Waals surface area contributed by atoms with Crippen molar-refractivity contribution < 1.29 is 37.1 Å². The number of fused-ring (bicyclic) bond motifs is 1. The Labute approximate surface area is 192 Å². The first-order chi connectivity index (χ1) is 16.1. The monoisotopic (exact) mass is 480 g/mol. The number of carboxylic acid groups (broad SMARTS) is 1. The summed E-state index contributed by atoms with van der Waals surface area (Å²) in [5.41, 5.74) is 5.33. The molecule has 1 aliphatic rings. The van der Waals surface area contributed by atoms with Crippen molar-refractivity contribution >= 4 is 5.97 Å². The first-order valence-corrected chi connectivity index (χ1v) is 10.2. The van der Waals surface area contributed by atoms with Crippen LogP contribution in [0.2, 0.25) is 0 Å². The van der Waals surface area contributed by atoms with Crippen molar-refractivity contribution in [2.45, 2.75) is 32.5 Å². The summed E-state index contributed by atoms with van der Waals surface area (Å²) in [4.78, 5) is 18.0. The number of rotatable bonds is 5. The molecule has 1 aliphatic heterocycles. The molecule has 3 heterocycles. The van der Waals surface area contributed by atoms with E-state index < -0.39 is 12.1 Å². The van der Waals surface area contributed by atoms with E-state index in [1.165, 1.54) is 11.1 Å². The number of halogens is 3. The number of carboxylic acids is 1. The molecule has 9 nitrogen and oxygen atoms in total. The van der Waals surface area contributed by atoms with Crippen molar-refractivity contribution in [3.8, 4) is 22.9 Å². The molecule has 3 aromatic rings. The molecule has 0 atom stereocenters. The number of benzene rings is 1. The molecule has 0 saturated carbocycles. The van der Waals surface area contributed by atoms with Gasteiger partial charge in [0.05, 0.1) is 20.6 Å². The first-order valence-electron chi connectivity index (χ1n) is 10.2. The van der Waals surface area contributed by atoms with Crippen LogP contribution >= 0.6 is 0 Å². The van der Waals surface area contributed by atoms with Crippen LogP contribution in [0.25, 0.3) is 11.4 Å². The Morgan fingerprint density at radius 3 is 2.65 bits per heavy atom. The van der Waals surface area contributed by atoms with Crippen molar-refractivity contribution in [1.82, 2.24) is 20.4 Å². The van der Waals surface area contributed by atoms with E-state index in [0.29, 0.717) is 18.1 Å². The zero-order chi connectivity index (χ0) is 24.9. The molecule has 182 valence electrons. The Balaban J connectivity index is 0.000000406. The molecule has 34 heavy (non-hydrogen) atoms. The number of carbonyl (C=O) groups is 1. The van der Waals surface area contributed by atoms with E-state index in [2.05, 4.69) is 20.4 Å². The van der Waals surface area contributed by atoms with Crippen LogP contribution in [0.15, 0.2) is 28.9 Å². The summed E-state index contributed by atoms with van der Waals surface area (Å²) >= 11 is 0. The molecule has 0 unspecified atom stereocenters. The lowest BCUT2D eigenvalue weighted by Gasteiger charge is -2.19. The normalized spacial score (nSPS) is 12.9. The Morgan fingerprint density at radius 1 is 1.26 bits per heavy atom. The minimum atomic E-state index is -5.08. The number of nitrogens with zero attached hydrogens (tertiary/aromatic N) is 3. The van der Waals surface area contributed by atoms with Gasteiger partial charge in [0.1, 0.15) is 11.5 Å². The van der Waals surface area contributed by atoms with Crippen molar-refractivity contribution in [3.63, 3.8) is 0 Å². The second kappa shape index (κ2) is 10.5. The van der Waals surface area contributed by atoms with Gasteiger partial charge in [0.2, 0.25) is 11.7 Å². The lowest BCUT2D eigenvalue weighted by molar-refractivity contribution is -0.192. The summed E-state index contributed by atoms with van der Waals surface area (Å²) < 4.78 is 48.0. The summed E-state index contributed by atoms with van der Waals surface area (Å²) in [5.74, 6) is -0.142. The molecule has 0 bridgehead atoms. The number of aryl methyl sites for hydroxylation is 1. The van der Waals surface area contributed by atoms with Crippen LogP contribution in [0.3, 0.4) is 0 Å². The highest BCUT2D eigenvalue weighted by Crippen LogP contribution is 2.30. The Kier molecular flexibility index (Phi) is 7.72. The third-order valence-electron chi connectivity index (χ3n) is 5.10. The maximum absolute atomic E-state index is 10.6. The lowest BCUT2D eigenvalue weighted by atomic mass is 9.95. The number of hydrogen-bond acceptors (Lipinski definition) is 8. The topological polar surface area (TPSA) is 120 Å². The van der Waals surface area contributed by atoms with Crippen LogP contribution in [-0.2, 0) is 24.2 Å². The summed E-state index contributed by atoms with van der Waals surface area (Å²) in [6.45, 7) is 3.75. The first kappa shape index (κ1) is 25.0. The van der Waals surface area contributed by atoms with Gasteiger partial charge in [-0.15, -0.1) is 0 Å². The van der Waals surface area contributed by atoms with Crippen LogP contribution in [0.4, 0.5) is 13.2 Å². The largest absolute Gasteiger partial charge is 0.497 e. The Hall–Kier alpha value is -3.67. The summed E-state index contributed by atoms with van der Waals surface area (Å²) in [7, 11) is 3.27. The van der Waals surface area contributed by atoms with E-state index in [9.17, 15) is 13.2 Å². The zero-order valence-electron chi connectivity index (χ0n) is 18.7. The fourth-order valence-electron chi connectivity index (χ4n) is 3.46. The number of aromatic nitrogens is 3. The van der Waals surface area contributed by atoms with Crippen LogP contribution in [0.1, 0.15) is 28.3 Å². The van der Waals surface area contributed by atoms with Gasteiger partial charge >= 0.3 is 12.1 Å². The van der Waals surface area contributed by atoms with Crippen LogP contribution < -0.4 is 14.8 Å². The van der Waals surface area contributed by atoms with Crippen molar-refractivity contribution in [2.24, 2.45) is 0 Å². The van der Waals surface area contributed by atoms with E-state index in [4.69, 9.17) is 23.9 Å². The number of methoxy groups -OCH3 is 2. The Bertz CT molecular complexity index is 1160. The predicted octanol–water partition coefficient (Wildman–Crippen LogP) is 3.33. The number of pyridine rings is 1. The fourth-order valence-corrected chi connectivity index (χ4v) is 3.46. The average Bonchev–Trinajstić information content (AvgIpc) is 3.27. The van der Waals surface area contributed by atoms with E-state index in [0.717, 1.165) is 47.8 Å². The molecule has 0 aliphatic carbocycles. The van der Waals surface area contributed by atoms with Crippen molar-refractivity contribution in [1.29, 1.82) is 0 Å². The fraction of sp³-hybridized carbons (Fsp3) is 0.364. The van der Waals surface area contributed by atoms with Gasteiger partial charge in [0, 0.05) is 35.6 Å². The maximum atomic E-state index is 10.6. The highest BCUT2D eigenvalue weighted by Gasteiger charge is 2.38. The van der Waals surface area contributed by atoms with Crippen molar-refractivity contribution in [3.05, 3.63) is 52.7 Å². The second-order valence-electron chi connectivity index (χ2n) is 7.32. The van der Waals surface area contributed by atoms with E-state index in [1.807, 2.05) is 31.3 Å². The van der Waals surface area contributed by atoms with Gasteiger partial charge in [-0.2, -0.15) is 18.2 Å². The van der Waals surface area contributed by atoms with Gasteiger partial charge in [-0.05, 0) is 37.1 Å². The quantitative estimate of drug-likeness (QED) is 0.567. The molecule has 0 saturated heterocycles. The molecular weight excluding hydrogens is 457 g/mol. The van der Waals surface area contributed by atoms with Gasteiger partial charge < -0.3 is 24.4 Å². The average molecular weight is 480 g/mol. The molecular formula is C22H23F3N4O5. The third-order valence-corrected chi connectivity index (χ3v) is 5.10. The van der Waals surface area contributed by atoms with E-state index >= 15 is 0 Å². The minimum absolute atomic E-state index is 0.489. The molecule has 0 amide bonds. The molecule has 0 radical (unpaired) electrons. The summed E-state index contributed by atoms with van der Waals surface area (Å²) in [6.07, 6.45) is -1.73. The summed E-state index contributed by atoms with van der Waals surface area (Å²) in [6, 6.07) is 5.69. The highest BCUT2D eigenvalue weighted by molar-refractivity contribution is 5.73. The molecule has 2 N–H and O–H groups in total. The SMILES string of the molecule is COc1ccc(Cc2nc(-c3c(C)ncc4c3CCNC4)no2)c(OC)c1.O=C(O)C(F)(F)F. The molecule has 4 rings (SSSR count). The molecule has 12 heteroatoms. The van der Waals surface area contributed by atoms with E-state index in [-0.39, 0.29) is 0 Å². The molecule has 0 fully saturated rings. The van der Waals surface area contributed by atoms with Crippen LogP contribution in [-0.4, -0.2) is 53.1 Å². The number of hydrogen-bond donors (Lipinski definition) is 2. The Morgan fingerprint density at radius 2 is 2.00 bits per heavy atom. The van der Waals surface area contributed by atoms with Crippen LogP contribution in [0, 0.1) is 6.92 Å². The van der Waals surface area contributed by atoms with Gasteiger partial charge in [-0.1, -0.05) is 11.2 Å². The van der Waals surface area contributed by atoms with Gasteiger partial charge in [0.25, 0.3) is 0 Å².